The predicted octanol–water partition coefficient (Wildman–Crippen LogP) is 0.793. The summed E-state index contributed by atoms with van der Waals surface area (Å²) in [5.74, 6) is 0.952. The van der Waals surface area contributed by atoms with Crippen LogP contribution in [0, 0.1) is 0 Å². The Hall–Kier alpha value is -1.16. The molecule has 2 N–H and O–H groups in total. The number of rotatable bonds is 4. The van der Waals surface area contributed by atoms with Crippen LogP contribution in [0.2, 0.25) is 0 Å². The van der Waals surface area contributed by atoms with E-state index in [-0.39, 0.29) is 0 Å². The van der Waals surface area contributed by atoms with E-state index >= 15 is 0 Å². The normalized spacial score (nSPS) is 17.9. The zero-order valence-corrected chi connectivity index (χ0v) is 8.43. The standard InChI is InChI=1S/C10H16N4/c1-8(6-11)14(9-2-3-9)10-7-12-4-5-13-10/h4-5,7-9H,2-3,6,11H2,1H3. The van der Waals surface area contributed by atoms with Crippen molar-refractivity contribution in [2.24, 2.45) is 5.73 Å². The summed E-state index contributed by atoms with van der Waals surface area (Å²) in [6.07, 6.45) is 7.74. The van der Waals surface area contributed by atoms with Crippen LogP contribution in [-0.4, -0.2) is 28.6 Å². The van der Waals surface area contributed by atoms with E-state index < -0.39 is 0 Å². The molecule has 0 bridgehead atoms. The molecule has 76 valence electrons. The van der Waals surface area contributed by atoms with Crippen molar-refractivity contribution in [2.75, 3.05) is 11.4 Å². The van der Waals surface area contributed by atoms with Crippen LogP contribution >= 0.6 is 0 Å². The maximum Gasteiger partial charge on any atom is 0.147 e. The van der Waals surface area contributed by atoms with Gasteiger partial charge in [-0.2, -0.15) is 0 Å². The van der Waals surface area contributed by atoms with Gasteiger partial charge in [0.2, 0.25) is 0 Å². The largest absolute Gasteiger partial charge is 0.348 e. The molecule has 1 aliphatic carbocycles. The number of hydrogen-bond acceptors (Lipinski definition) is 4. The van der Waals surface area contributed by atoms with E-state index in [0.717, 1.165) is 5.82 Å². The first-order valence-corrected chi connectivity index (χ1v) is 5.07. The second kappa shape index (κ2) is 3.92. The minimum Gasteiger partial charge on any atom is -0.348 e. The lowest BCUT2D eigenvalue weighted by Crippen LogP contribution is -2.40. The third-order valence-corrected chi connectivity index (χ3v) is 2.57. The number of aromatic nitrogens is 2. The van der Waals surface area contributed by atoms with Crippen molar-refractivity contribution in [1.82, 2.24) is 9.97 Å². The van der Waals surface area contributed by atoms with Crippen LogP contribution in [0.3, 0.4) is 0 Å². The lowest BCUT2D eigenvalue weighted by Gasteiger charge is -2.29. The summed E-state index contributed by atoms with van der Waals surface area (Å²) < 4.78 is 0. The molecule has 2 rings (SSSR count). The van der Waals surface area contributed by atoms with Crippen molar-refractivity contribution in [3.05, 3.63) is 18.6 Å². The average Bonchev–Trinajstić information content (AvgIpc) is 3.04. The predicted molar refractivity (Wildman–Crippen MR) is 56.0 cm³/mol. The Morgan fingerprint density at radius 2 is 2.36 bits per heavy atom. The fraction of sp³-hybridized carbons (Fsp3) is 0.600. The lowest BCUT2D eigenvalue weighted by atomic mass is 10.2. The smallest absolute Gasteiger partial charge is 0.147 e. The van der Waals surface area contributed by atoms with Gasteiger partial charge in [0.25, 0.3) is 0 Å². The molecule has 1 aliphatic rings. The molecular formula is C10H16N4. The number of anilines is 1. The number of nitrogens with two attached hydrogens (primary N) is 1. The first-order valence-electron chi connectivity index (χ1n) is 5.07. The molecule has 0 aliphatic heterocycles. The molecular weight excluding hydrogens is 176 g/mol. The van der Waals surface area contributed by atoms with Crippen molar-refractivity contribution in [3.8, 4) is 0 Å². The summed E-state index contributed by atoms with van der Waals surface area (Å²) in [6.45, 7) is 2.79. The van der Waals surface area contributed by atoms with Gasteiger partial charge in [0.15, 0.2) is 0 Å². The molecule has 4 heteroatoms. The van der Waals surface area contributed by atoms with Crippen LogP contribution in [0.15, 0.2) is 18.6 Å². The Morgan fingerprint density at radius 1 is 1.57 bits per heavy atom. The Morgan fingerprint density at radius 3 is 2.86 bits per heavy atom. The Labute approximate surface area is 84.2 Å². The fourth-order valence-electron chi connectivity index (χ4n) is 1.66. The molecule has 1 aromatic rings. The van der Waals surface area contributed by atoms with Crippen molar-refractivity contribution in [3.63, 3.8) is 0 Å². The zero-order valence-electron chi connectivity index (χ0n) is 8.43. The third kappa shape index (κ3) is 1.85. The SMILES string of the molecule is CC(CN)N(c1cnccn1)C1CC1. The van der Waals surface area contributed by atoms with E-state index in [4.69, 9.17) is 5.73 Å². The molecule has 1 atom stereocenters. The van der Waals surface area contributed by atoms with Crippen molar-refractivity contribution in [1.29, 1.82) is 0 Å². The van der Waals surface area contributed by atoms with E-state index in [2.05, 4.69) is 21.8 Å². The van der Waals surface area contributed by atoms with E-state index in [0.29, 0.717) is 18.6 Å². The van der Waals surface area contributed by atoms with Gasteiger partial charge in [-0.15, -0.1) is 0 Å². The second-order valence-electron chi connectivity index (χ2n) is 3.79. The third-order valence-electron chi connectivity index (χ3n) is 2.57. The molecule has 0 saturated heterocycles. The van der Waals surface area contributed by atoms with Gasteiger partial charge < -0.3 is 10.6 Å². The minimum absolute atomic E-state index is 0.346. The van der Waals surface area contributed by atoms with Crippen molar-refractivity contribution < 1.29 is 0 Å². The van der Waals surface area contributed by atoms with Crippen LogP contribution in [0.4, 0.5) is 5.82 Å². The Kier molecular flexibility index (Phi) is 2.63. The fourth-order valence-corrected chi connectivity index (χ4v) is 1.66. The quantitative estimate of drug-likeness (QED) is 0.766. The molecule has 14 heavy (non-hydrogen) atoms. The molecule has 1 heterocycles. The topological polar surface area (TPSA) is 55.0 Å². The molecule has 4 nitrogen and oxygen atoms in total. The maximum atomic E-state index is 5.69. The summed E-state index contributed by atoms with van der Waals surface area (Å²) in [4.78, 5) is 10.7. The van der Waals surface area contributed by atoms with Crippen LogP contribution in [0.25, 0.3) is 0 Å². The maximum absolute atomic E-state index is 5.69. The lowest BCUT2D eigenvalue weighted by molar-refractivity contribution is 0.628. The first-order chi connectivity index (χ1) is 6.83. The molecule has 1 saturated carbocycles. The number of nitrogens with zero attached hydrogens (tertiary/aromatic N) is 3. The van der Waals surface area contributed by atoms with Gasteiger partial charge in [0, 0.05) is 31.0 Å². The van der Waals surface area contributed by atoms with E-state index in [9.17, 15) is 0 Å². The van der Waals surface area contributed by atoms with Crippen molar-refractivity contribution in [2.45, 2.75) is 31.8 Å². The zero-order chi connectivity index (χ0) is 9.97. The molecule has 1 fully saturated rings. The van der Waals surface area contributed by atoms with Gasteiger partial charge in [-0.05, 0) is 19.8 Å². The summed E-state index contributed by atoms with van der Waals surface area (Å²) in [6, 6.07) is 0.976. The van der Waals surface area contributed by atoms with Gasteiger partial charge in [0.1, 0.15) is 5.82 Å². The van der Waals surface area contributed by atoms with Crippen LogP contribution < -0.4 is 10.6 Å². The van der Waals surface area contributed by atoms with Crippen LogP contribution in [-0.2, 0) is 0 Å². The second-order valence-corrected chi connectivity index (χ2v) is 3.79. The number of hydrogen-bond donors (Lipinski definition) is 1. The minimum atomic E-state index is 0.346. The monoisotopic (exact) mass is 192 g/mol. The van der Waals surface area contributed by atoms with Gasteiger partial charge in [-0.3, -0.25) is 4.98 Å². The Bertz CT molecular complexity index is 283. The summed E-state index contributed by atoms with van der Waals surface area (Å²) in [5.41, 5.74) is 5.69. The van der Waals surface area contributed by atoms with Gasteiger partial charge in [0.05, 0.1) is 6.20 Å². The van der Waals surface area contributed by atoms with E-state index in [1.807, 2.05) is 6.20 Å². The molecule has 0 amide bonds. The molecule has 0 radical (unpaired) electrons. The molecule has 0 spiro atoms. The average molecular weight is 192 g/mol. The van der Waals surface area contributed by atoms with Gasteiger partial charge in [-0.25, -0.2) is 4.98 Å². The Balaban J connectivity index is 2.18. The van der Waals surface area contributed by atoms with Crippen LogP contribution in [0.1, 0.15) is 19.8 Å². The van der Waals surface area contributed by atoms with Gasteiger partial charge in [-0.1, -0.05) is 0 Å². The molecule has 1 aromatic heterocycles. The summed E-state index contributed by atoms with van der Waals surface area (Å²) in [7, 11) is 0. The first kappa shape index (κ1) is 9.40. The molecule has 0 aromatic carbocycles. The summed E-state index contributed by atoms with van der Waals surface area (Å²) >= 11 is 0. The van der Waals surface area contributed by atoms with Gasteiger partial charge >= 0.3 is 0 Å². The summed E-state index contributed by atoms with van der Waals surface area (Å²) in [5, 5.41) is 0. The van der Waals surface area contributed by atoms with E-state index in [1.165, 1.54) is 12.8 Å². The van der Waals surface area contributed by atoms with Crippen LogP contribution in [0.5, 0.6) is 0 Å². The highest BCUT2D eigenvalue weighted by atomic mass is 15.3. The highest BCUT2D eigenvalue weighted by molar-refractivity contribution is 5.40. The molecule has 1 unspecified atom stereocenters. The van der Waals surface area contributed by atoms with Crippen molar-refractivity contribution >= 4 is 5.82 Å². The van der Waals surface area contributed by atoms with E-state index in [1.54, 1.807) is 12.4 Å². The highest BCUT2D eigenvalue weighted by Gasteiger charge is 2.32. The highest BCUT2D eigenvalue weighted by Crippen LogP contribution is 2.31.